The van der Waals surface area contributed by atoms with Gasteiger partial charge in [0, 0.05) is 18.6 Å². The summed E-state index contributed by atoms with van der Waals surface area (Å²) in [6.45, 7) is 0. The van der Waals surface area contributed by atoms with Crippen LogP contribution in [0, 0.1) is 0 Å². The van der Waals surface area contributed by atoms with Crippen molar-refractivity contribution in [3.05, 3.63) is 35.9 Å². The Bertz CT molecular complexity index is 529. The molecule has 2 fully saturated rings. The van der Waals surface area contributed by atoms with Gasteiger partial charge >= 0.3 is 0 Å². The van der Waals surface area contributed by atoms with E-state index in [4.69, 9.17) is 4.74 Å². The molecule has 3 rings (SSSR count). The first-order chi connectivity index (χ1) is 10.7. The lowest BCUT2D eigenvalue weighted by atomic mass is 9.99. The minimum atomic E-state index is -0.881. The average Bonchev–Trinajstić information content (AvgIpc) is 2.96. The Morgan fingerprint density at radius 3 is 2.77 bits per heavy atom. The summed E-state index contributed by atoms with van der Waals surface area (Å²) in [5, 5.41) is 24.4. The lowest BCUT2D eigenvalue weighted by Gasteiger charge is -2.38. The second-order valence-electron chi connectivity index (χ2n) is 5.34. The minimum Gasteiger partial charge on any atom is -0.388 e. The molecule has 22 heavy (non-hydrogen) atoms. The van der Waals surface area contributed by atoms with E-state index in [2.05, 4.69) is 22.4 Å². The number of ether oxygens (including phenoxy) is 1. The summed E-state index contributed by atoms with van der Waals surface area (Å²) in [4.78, 5) is 4.09. The zero-order valence-corrected chi connectivity index (χ0v) is 13.9. The molecule has 5 atom stereocenters. The summed E-state index contributed by atoms with van der Waals surface area (Å²) in [7, 11) is 1.70. The fraction of sp³-hybridized carbons (Fsp3) is 0.533. The zero-order chi connectivity index (χ0) is 15.5. The van der Waals surface area contributed by atoms with Crippen molar-refractivity contribution in [2.45, 2.75) is 35.5 Å². The van der Waals surface area contributed by atoms with Gasteiger partial charge in [-0.25, -0.2) is 0 Å². The van der Waals surface area contributed by atoms with Gasteiger partial charge < -0.3 is 20.3 Å². The molecule has 3 N–H and O–H groups in total. The number of hydrogen-bond acceptors (Lipinski definition) is 6. The third-order valence-electron chi connectivity index (χ3n) is 3.82. The van der Waals surface area contributed by atoms with Crippen LogP contribution < -0.4 is 5.32 Å². The van der Waals surface area contributed by atoms with E-state index in [0.29, 0.717) is 5.75 Å². The van der Waals surface area contributed by atoms with Gasteiger partial charge in [0.25, 0.3) is 0 Å². The molecule has 0 bridgehead atoms. The Morgan fingerprint density at radius 1 is 1.27 bits per heavy atom. The van der Waals surface area contributed by atoms with Gasteiger partial charge in [-0.15, -0.1) is 0 Å². The lowest BCUT2D eigenvalue weighted by molar-refractivity contribution is -0.147. The number of aliphatic hydroxyl groups excluding tert-OH is 2. The van der Waals surface area contributed by atoms with Gasteiger partial charge in [-0.1, -0.05) is 42.1 Å². The molecule has 2 saturated heterocycles. The SMILES string of the molecule is CN=C1NC2C(OC(CSCc3ccccc3)C(O)C2O)S1. The van der Waals surface area contributed by atoms with Crippen LogP contribution in [0.3, 0.4) is 0 Å². The lowest BCUT2D eigenvalue weighted by Crippen LogP contribution is -2.59. The molecule has 5 unspecified atom stereocenters. The number of aliphatic hydroxyl groups is 2. The number of nitrogens with one attached hydrogen (secondary N) is 1. The van der Waals surface area contributed by atoms with Crippen molar-refractivity contribution in [1.82, 2.24) is 5.32 Å². The summed E-state index contributed by atoms with van der Waals surface area (Å²) in [6.07, 6.45) is -2.09. The first-order valence-electron chi connectivity index (χ1n) is 7.22. The highest BCUT2D eigenvalue weighted by molar-refractivity contribution is 8.14. The van der Waals surface area contributed by atoms with E-state index in [9.17, 15) is 10.2 Å². The highest BCUT2D eigenvalue weighted by atomic mass is 32.2. The summed E-state index contributed by atoms with van der Waals surface area (Å²) < 4.78 is 5.95. The maximum absolute atomic E-state index is 10.3. The van der Waals surface area contributed by atoms with E-state index < -0.39 is 12.2 Å². The Balaban J connectivity index is 1.56. The first-order valence-corrected chi connectivity index (χ1v) is 9.25. The summed E-state index contributed by atoms with van der Waals surface area (Å²) >= 11 is 3.17. The number of aliphatic imine (C=N–C) groups is 1. The molecular formula is C15H20N2O3S2. The van der Waals surface area contributed by atoms with Crippen molar-refractivity contribution < 1.29 is 14.9 Å². The maximum Gasteiger partial charge on any atom is 0.159 e. The maximum atomic E-state index is 10.3. The van der Waals surface area contributed by atoms with Gasteiger partial charge in [-0.05, 0) is 5.56 Å². The van der Waals surface area contributed by atoms with Crippen molar-refractivity contribution in [1.29, 1.82) is 0 Å². The van der Waals surface area contributed by atoms with E-state index in [1.54, 1.807) is 18.8 Å². The van der Waals surface area contributed by atoms with Crippen LogP contribution in [-0.2, 0) is 10.5 Å². The Hall–Kier alpha value is -0.730. The van der Waals surface area contributed by atoms with E-state index in [1.165, 1.54) is 17.3 Å². The van der Waals surface area contributed by atoms with Crippen molar-refractivity contribution in [2.24, 2.45) is 4.99 Å². The molecule has 0 radical (unpaired) electrons. The number of hydrogen-bond donors (Lipinski definition) is 3. The largest absolute Gasteiger partial charge is 0.388 e. The number of nitrogens with zero attached hydrogens (tertiary/aromatic N) is 1. The predicted molar refractivity (Wildman–Crippen MR) is 91.2 cm³/mol. The summed E-state index contributed by atoms with van der Waals surface area (Å²) in [5.41, 5.74) is 1.05. The molecule has 1 aromatic rings. The van der Waals surface area contributed by atoms with E-state index >= 15 is 0 Å². The third kappa shape index (κ3) is 3.44. The molecule has 0 amide bonds. The molecule has 7 heteroatoms. The van der Waals surface area contributed by atoms with E-state index in [0.717, 1.165) is 10.9 Å². The van der Waals surface area contributed by atoms with Crippen LogP contribution in [0.25, 0.3) is 0 Å². The van der Waals surface area contributed by atoms with Gasteiger partial charge in [0.1, 0.15) is 17.6 Å². The van der Waals surface area contributed by atoms with Gasteiger partial charge in [0.05, 0.1) is 12.1 Å². The smallest absolute Gasteiger partial charge is 0.159 e. The normalized spacial score (nSPS) is 36.1. The van der Waals surface area contributed by atoms with Gasteiger partial charge in [-0.2, -0.15) is 11.8 Å². The Morgan fingerprint density at radius 2 is 2.05 bits per heavy atom. The van der Waals surface area contributed by atoms with Crippen LogP contribution in [0.5, 0.6) is 0 Å². The standard InChI is InChI=1S/C15H20N2O3S2/c1-16-15-17-11-13(19)12(18)10(20-14(11)22-15)8-21-7-9-5-3-2-4-6-9/h2-6,10-14,18-19H,7-8H2,1H3,(H,16,17). The molecule has 0 aromatic heterocycles. The van der Waals surface area contributed by atoms with Crippen LogP contribution in [0.15, 0.2) is 35.3 Å². The molecule has 2 heterocycles. The monoisotopic (exact) mass is 340 g/mol. The van der Waals surface area contributed by atoms with Crippen molar-refractivity contribution >= 4 is 28.7 Å². The van der Waals surface area contributed by atoms with Gasteiger partial charge in [0.15, 0.2) is 5.17 Å². The summed E-state index contributed by atoms with van der Waals surface area (Å²) in [5.74, 6) is 1.51. The predicted octanol–water partition coefficient (Wildman–Crippen LogP) is 1.06. The quantitative estimate of drug-likeness (QED) is 0.761. The highest BCUT2D eigenvalue weighted by Crippen LogP contribution is 2.34. The van der Waals surface area contributed by atoms with Crippen LogP contribution in [0.2, 0.25) is 0 Å². The molecule has 120 valence electrons. The fourth-order valence-electron chi connectivity index (χ4n) is 2.59. The molecule has 0 saturated carbocycles. The number of thioether (sulfide) groups is 2. The van der Waals surface area contributed by atoms with Crippen molar-refractivity contribution in [3.8, 4) is 0 Å². The average molecular weight is 340 g/mol. The second kappa shape index (κ2) is 7.23. The van der Waals surface area contributed by atoms with Gasteiger partial charge in [0.2, 0.25) is 0 Å². The van der Waals surface area contributed by atoms with Gasteiger partial charge in [-0.3, -0.25) is 4.99 Å². The highest BCUT2D eigenvalue weighted by Gasteiger charge is 2.48. The third-order valence-corrected chi connectivity index (χ3v) is 6.08. The Labute approximate surface area is 138 Å². The second-order valence-corrected chi connectivity index (χ2v) is 7.46. The zero-order valence-electron chi connectivity index (χ0n) is 12.3. The molecule has 5 nitrogen and oxygen atoms in total. The number of fused-ring (bicyclic) bond motifs is 1. The Kier molecular flexibility index (Phi) is 5.30. The molecular weight excluding hydrogens is 320 g/mol. The van der Waals surface area contributed by atoms with Crippen LogP contribution in [-0.4, -0.2) is 58.0 Å². The van der Waals surface area contributed by atoms with E-state index in [1.807, 2.05) is 18.2 Å². The number of rotatable bonds is 4. The molecule has 2 aliphatic rings. The number of benzene rings is 1. The molecule has 1 aromatic carbocycles. The first kappa shape index (κ1) is 16.1. The van der Waals surface area contributed by atoms with Crippen molar-refractivity contribution in [2.75, 3.05) is 12.8 Å². The molecule has 0 aliphatic carbocycles. The molecule has 0 spiro atoms. The number of amidine groups is 1. The van der Waals surface area contributed by atoms with Crippen LogP contribution >= 0.6 is 23.5 Å². The molecule has 2 aliphatic heterocycles. The van der Waals surface area contributed by atoms with Crippen LogP contribution in [0.4, 0.5) is 0 Å². The summed E-state index contributed by atoms with van der Waals surface area (Å²) in [6, 6.07) is 9.89. The van der Waals surface area contributed by atoms with E-state index in [-0.39, 0.29) is 17.6 Å². The fourth-order valence-corrected chi connectivity index (χ4v) is 4.75. The minimum absolute atomic E-state index is 0.195. The van der Waals surface area contributed by atoms with Crippen molar-refractivity contribution in [3.63, 3.8) is 0 Å². The topological polar surface area (TPSA) is 74.1 Å². The van der Waals surface area contributed by atoms with Crippen LogP contribution in [0.1, 0.15) is 5.56 Å².